The molecule has 17 heavy (non-hydrogen) atoms. The predicted octanol–water partition coefficient (Wildman–Crippen LogP) is -1.65. The van der Waals surface area contributed by atoms with Crippen molar-refractivity contribution in [1.29, 1.82) is 0 Å². The molecular formula is C10H15N3O4. The maximum absolute atomic E-state index is 11.3. The fraction of sp³-hybridized carbons (Fsp3) is 0.500. The summed E-state index contributed by atoms with van der Waals surface area (Å²) in [6.45, 7) is -0.268. The summed E-state index contributed by atoms with van der Waals surface area (Å²) in [5.74, 6) is -2.09. The van der Waals surface area contributed by atoms with Gasteiger partial charge in [0.15, 0.2) is 0 Å². The van der Waals surface area contributed by atoms with E-state index in [1.165, 1.54) is 0 Å². The lowest BCUT2D eigenvalue weighted by Crippen LogP contribution is -2.47. The molecule has 1 aliphatic rings. The highest BCUT2D eigenvalue weighted by molar-refractivity contribution is 5.89. The predicted molar refractivity (Wildman–Crippen MR) is 58.9 cm³/mol. The Kier molecular flexibility index (Phi) is 4.65. The molecule has 2 amide bonds. The smallest absolute Gasteiger partial charge is 0.326 e. The van der Waals surface area contributed by atoms with Gasteiger partial charge >= 0.3 is 5.97 Å². The van der Waals surface area contributed by atoms with Gasteiger partial charge in [0.05, 0.1) is 12.6 Å². The average Bonchev–Trinajstić information content (AvgIpc) is 2.30. The molecule has 7 nitrogen and oxygen atoms in total. The van der Waals surface area contributed by atoms with E-state index in [2.05, 4.69) is 10.6 Å². The second kappa shape index (κ2) is 6.00. The van der Waals surface area contributed by atoms with Crippen LogP contribution in [-0.4, -0.2) is 41.5 Å². The molecule has 0 aromatic heterocycles. The molecular weight excluding hydrogens is 226 g/mol. The Hall–Kier alpha value is -1.89. The molecule has 1 aliphatic heterocycles. The van der Waals surface area contributed by atoms with Crippen molar-refractivity contribution < 1.29 is 19.5 Å². The fourth-order valence-electron chi connectivity index (χ4n) is 1.35. The normalized spacial score (nSPS) is 28.5. The van der Waals surface area contributed by atoms with Crippen molar-refractivity contribution in [3.05, 3.63) is 12.2 Å². The van der Waals surface area contributed by atoms with E-state index in [4.69, 9.17) is 10.8 Å². The van der Waals surface area contributed by atoms with Crippen molar-refractivity contribution in [3.63, 3.8) is 0 Å². The van der Waals surface area contributed by atoms with E-state index in [-0.39, 0.29) is 13.0 Å². The van der Waals surface area contributed by atoms with E-state index in [1.54, 1.807) is 12.2 Å². The standard InChI is InChI=1S/C10H15N3O4/c11-6-3-1-2-4-7(10(16)17)13-8(14)5-12-9(6)15/h1-2,6-7H,3-5,11H2,(H,12,15)(H,13,14)(H,16,17)/b2-1+/t6?,7-/m0/s1. The van der Waals surface area contributed by atoms with Crippen LogP contribution in [0.1, 0.15) is 12.8 Å². The molecule has 0 aromatic rings. The van der Waals surface area contributed by atoms with Crippen LogP contribution in [0.3, 0.4) is 0 Å². The molecule has 1 heterocycles. The second-order valence-corrected chi connectivity index (χ2v) is 3.73. The number of carbonyl (C=O) groups is 3. The lowest BCUT2D eigenvalue weighted by atomic mass is 10.1. The minimum atomic E-state index is -1.11. The quantitative estimate of drug-likeness (QED) is 0.410. The number of rotatable bonds is 1. The maximum atomic E-state index is 11.3. The number of hydrogen-bond donors (Lipinski definition) is 4. The summed E-state index contributed by atoms with van der Waals surface area (Å²) in [4.78, 5) is 33.5. The largest absolute Gasteiger partial charge is 0.480 e. The maximum Gasteiger partial charge on any atom is 0.326 e. The SMILES string of the molecule is NC1C/C=C/C[C@@H](C(=O)O)NC(=O)CNC1=O. The van der Waals surface area contributed by atoms with Crippen molar-refractivity contribution in [2.24, 2.45) is 5.73 Å². The van der Waals surface area contributed by atoms with Crippen LogP contribution in [0.2, 0.25) is 0 Å². The number of nitrogens with two attached hydrogens (primary N) is 1. The van der Waals surface area contributed by atoms with Gasteiger partial charge in [-0.3, -0.25) is 9.59 Å². The number of amides is 2. The Morgan fingerprint density at radius 3 is 2.65 bits per heavy atom. The Balaban J connectivity index is 2.73. The van der Waals surface area contributed by atoms with Crippen LogP contribution in [0, 0.1) is 0 Å². The molecule has 1 rings (SSSR count). The zero-order valence-corrected chi connectivity index (χ0v) is 9.18. The Morgan fingerprint density at radius 2 is 2.00 bits per heavy atom. The molecule has 0 radical (unpaired) electrons. The van der Waals surface area contributed by atoms with Crippen LogP contribution in [0.25, 0.3) is 0 Å². The molecule has 0 saturated carbocycles. The number of carboxylic acid groups (broad SMARTS) is 1. The first-order chi connectivity index (χ1) is 8.00. The minimum absolute atomic E-state index is 0.169. The first kappa shape index (κ1) is 13.2. The molecule has 94 valence electrons. The van der Waals surface area contributed by atoms with E-state index >= 15 is 0 Å². The molecule has 0 fully saturated rings. The van der Waals surface area contributed by atoms with Gasteiger partial charge < -0.3 is 21.5 Å². The number of nitrogens with one attached hydrogen (secondary N) is 2. The molecule has 7 heteroatoms. The van der Waals surface area contributed by atoms with E-state index in [0.29, 0.717) is 6.42 Å². The van der Waals surface area contributed by atoms with Gasteiger partial charge in [0.25, 0.3) is 0 Å². The van der Waals surface area contributed by atoms with Crippen LogP contribution in [0.4, 0.5) is 0 Å². The highest BCUT2D eigenvalue weighted by Gasteiger charge is 2.20. The molecule has 2 atom stereocenters. The first-order valence-electron chi connectivity index (χ1n) is 5.21. The number of aliphatic carboxylic acids is 1. The van der Waals surface area contributed by atoms with Crippen LogP contribution in [0.15, 0.2) is 12.2 Å². The Morgan fingerprint density at radius 1 is 1.35 bits per heavy atom. The molecule has 0 bridgehead atoms. The Bertz CT molecular complexity index is 353. The summed E-state index contributed by atoms with van der Waals surface area (Å²) in [5.41, 5.74) is 5.55. The van der Waals surface area contributed by atoms with Gasteiger partial charge in [-0.1, -0.05) is 12.2 Å². The van der Waals surface area contributed by atoms with Crippen LogP contribution in [-0.2, 0) is 14.4 Å². The van der Waals surface area contributed by atoms with Gasteiger partial charge in [-0.05, 0) is 12.8 Å². The third-order valence-electron chi connectivity index (χ3n) is 2.32. The molecule has 0 aromatic carbocycles. The van der Waals surface area contributed by atoms with E-state index in [1.807, 2.05) is 0 Å². The van der Waals surface area contributed by atoms with Crippen molar-refractivity contribution in [1.82, 2.24) is 10.6 Å². The van der Waals surface area contributed by atoms with E-state index in [0.717, 1.165) is 0 Å². The van der Waals surface area contributed by atoms with Gasteiger partial charge in [-0.25, -0.2) is 4.79 Å². The summed E-state index contributed by atoms with van der Waals surface area (Å²) in [6.07, 6.45) is 3.71. The van der Waals surface area contributed by atoms with E-state index in [9.17, 15) is 14.4 Å². The number of hydrogen-bond acceptors (Lipinski definition) is 4. The summed E-state index contributed by atoms with van der Waals surface area (Å²) in [7, 11) is 0. The number of carbonyl (C=O) groups excluding carboxylic acids is 2. The van der Waals surface area contributed by atoms with Crippen LogP contribution < -0.4 is 16.4 Å². The summed E-state index contributed by atoms with van der Waals surface area (Å²) in [5, 5.41) is 13.5. The molecule has 5 N–H and O–H groups in total. The highest BCUT2D eigenvalue weighted by atomic mass is 16.4. The van der Waals surface area contributed by atoms with Gasteiger partial charge in [0, 0.05) is 0 Å². The monoisotopic (exact) mass is 241 g/mol. The highest BCUT2D eigenvalue weighted by Crippen LogP contribution is 1.99. The lowest BCUT2D eigenvalue weighted by molar-refractivity contribution is -0.141. The first-order valence-corrected chi connectivity index (χ1v) is 5.21. The molecule has 0 aliphatic carbocycles. The van der Waals surface area contributed by atoms with Gasteiger partial charge in [-0.15, -0.1) is 0 Å². The third-order valence-corrected chi connectivity index (χ3v) is 2.32. The zero-order chi connectivity index (χ0) is 12.8. The third kappa shape index (κ3) is 4.23. The van der Waals surface area contributed by atoms with Gasteiger partial charge in [-0.2, -0.15) is 0 Å². The lowest BCUT2D eigenvalue weighted by Gasteiger charge is -2.12. The molecule has 0 saturated heterocycles. The second-order valence-electron chi connectivity index (χ2n) is 3.73. The molecule has 1 unspecified atom stereocenters. The van der Waals surface area contributed by atoms with Crippen molar-refractivity contribution in [2.75, 3.05) is 6.54 Å². The topological polar surface area (TPSA) is 122 Å². The van der Waals surface area contributed by atoms with Gasteiger partial charge in [0.1, 0.15) is 6.04 Å². The van der Waals surface area contributed by atoms with Gasteiger partial charge in [0.2, 0.25) is 11.8 Å². The van der Waals surface area contributed by atoms with Crippen LogP contribution in [0.5, 0.6) is 0 Å². The Labute approximate surface area is 98.0 Å². The zero-order valence-electron chi connectivity index (χ0n) is 9.18. The fourth-order valence-corrected chi connectivity index (χ4v) is 1.35. The summed E-state index contributed by atoms with van der Waals surface area (Å²) < 4.78 is 0. The minimum Gasteiger partial charge on any atom is -0.480 e. The van der Waals surface area contributed by atoms with Crippen molar-refractivity contribution in [2.45, 2.75) is 24.9 Å². The average molecular weight is 241 g/mol. The van der Waals surface area contributed by atoms with Crippen molar-refractivity contribution >= 4 is 17.8 Å². The van der Waals surface area contributed by atoms with Crippen molar-refractivity contribution in [3.8, 4) is 0 Å². The van der Waals surface area contributed by atoms with E-state index < -0.39 is 29.9 Å². The summed E-state index contributed by atoms with van der Waals surface area (Å²) >= 11 is 0. The van der Waals surface area contributed by atoms with Crippen LogP contribution >= 0.6 is 0 Å². The summed E-state index contributed by atoms with van der Waals surface area (Å²) in [6, 6.07) is -1.70. The number of carboxylic acids is 1. The molecule has 0 spiro atoms.